The third-order valence-corrected chi connectivity index (χ3v) is 4.36. The number of nitrogens with one attached hydrogen (secondary N) is 1. The number of piperidine rings is 1. The fraction of sp³-hybridized carbons (Fsp3) is 0.500. The second-order valence-corrected chi connectivity index (χ2v) is 5.95. The zero-order chi connectivity index (χ0) is 14.5. The maximum Gasteiger partial charge on any atom is 0.0705 e. The van der Waals surface area contributed by atoms with Crippen LogP contribution in [0.3, 0.4) is 0 Å². The highest BCUT2D eigenvalue weighted by atomic mass is 15.2. The van der Waals surface area contributed by atoms with E-state index in [1.54, 1.807) is 0 Å². The zero-order valence-electron chi connectivity index (χ0n) is 12.9. The van der Waals surface area contributed by atoms with Gasteiger partial charge in [-0.1, -0.05) is 31.2 Å². The molecule has 0 saturated carbocycles. The normalized spacial score (nSPS) is 16.7. The van der Waals surface area contributed by atoms with E-state index < -0.39 is 0 Å². The minimum absolute atomic E-state index is 0.708. The van der Waals surface area contributed by atoms with Crippen LogP contribution in [-0.4, -0.2) is 35.6 Å². The molecule has 2 heterocycles. The average Bonchev–Trinajstić information content (AvgIpc) is 2.55. The van der Waals surface area contributed by atoms with Gasteiger partial charge in [-0.3, -0.25) is 9.88 Å². The van der Waals surface area contributed by atoms with E-state index in [4.69, 9.17) is 4.98 Å². The van der Waals surface area contributed by atoms with Crippen molar-refractivity contribution in [3.05, 3.63) is 42.1 Å². The van der Waals surface area contributed by atoms with Gasteiger partial charge in [-0.25, -0.2) is 0 Å². The van der Waals surface area contributed by atoms with E-state index in [2.05, 4.69) is 53.5 Å². The number of pyridine rings is 1. The molecule has 1 aromatic heterocycles. The molecule has 1 N–H and O–H groups in total. The summed E-state index contributed by atoms with van der Waals surface area (Å²) in [7, 11) is 0. The Bertz CT molecular complexity index is 575. The number of hydrogen-bond acceptors (Lipinski definition) is 3. The minimum Gasteiger partial charge on any atom is -0.317 e. The number of aromatic nitrogens is 1. The van der Waals surface area contributed by atoms with Crippen LogP contribution in [0, 0.1) is 0 Å². The van der Waals surface area contributed by atoms with Crippen molar-refractivity contribution in [2.24, 2.45) is 0 Å². The Kier molecular flexibility index (Phi) is 4.84. The van der Waals surface area contributed by atoms with Crippen molar-refractivity contribution in [1.82, 2.24) is 15.2 Å². The molecule has 112 valence electrons. The van der Waals surface area contributed by atoms with Crippen molar-refractivity contribution >= 4 is 10.9 Å². The molecule has 0 aliphatic carbocycles. The monoisotopic (exact) mass is 283 g/mol. The standard InChI is InChI=1S/C18H25N3/c1-2-13-21(17-9-11-19-12-10-17)14-16-8-7-15-5-3-4-6-18(15)20-16/h3-8,17,19H,2,9-14H2,1H3. The highest BCUT2D eigenvalue weighted by Gasteiger charge is 2.20. The van der Waals surface area contributed by atoms with Crippen molar-refractivity contribution in [2.75, 3.05) is 19.6 Å². The molecule has 1 aromatic carbocycles. The molecule has 1 fully saturated rings. The molecule has 0 atom stereocenters. The Morgan fingerprint density at radius 2 is 1.95 bits per heavy atom. The van der Waals surface area contributed by atoms with E-state index in [0.717, 1.165) is 25.2 Å². The summed E-state index contributed by atoms with van der Waals surface area (Å²) in [5, 5.41) is 4.68. The Morgan fingerprint density at radius 1 is 1.14 bits per heavy atom. The summed E-state index contributed by atoms with van der Waals surface area (Å²) in [4.78, 5) is 7.46. The van der Waals surface area contributed by atoms with Crippen LogP contribution in [0.4, 0.5) is 0 Å². The van der Waals surface area contributed by atoms with Crippen molar-refractivity contribution in [3.63, 3.8) is 0 Å². The van der Waals surface area contributed by atoms with Gasteiger partial charge in [0.05, 0.1) is 11.2 Å². The van der Waals surface area contributed by atoms with Gasteiger partial charge >= 0.3 is 0 Å². The van der Waals surface area contributed by atoms with Crippen LogP contribution in [-0.2, 0) is 6.54 Å². The highest BCUT2D eigenvalue weighted by Crippen LogP contribution is 2.17. The fourth-order valence-electron chi connectivity index (χ4n) is 3.25. The first-order valence-electron chi connectivity index (χ1n) is 8.16. The molecule has 0 unspecified atom stereocenters. The van der Waals surface area contributed by atoms with Crippen LogP contribution in [0.2, 0.25) is 0 Å². The van der Waals surface area contributed by atoms with E-state index in [1.165, 1.54) is 36.9 Å². The molecular weight excluding hydrogens is 258 g/mol. The molecular formula is C18H25N3. The molecule has 3 nitrogen and oxygen atoms in total. The van der Waals surface area contributed by atoms with Crippen LogP contribution < -0.4 is 5.32 Å². The van der Waals surface area contributed by atoms with Gasteiger partial charge in [0.1, 0.15) is 0 Å². The van der Waals surface area contributed by atoms with Crippen molar-refractivity contribution < 1.29 is 0 Å². The Hall–Kier alpha value is -1.45. The second kappa shape index (κ2) is 7.01. The van der Waals surface area contributed by atoms with Gasteiger partial charge in [0.25, 0.3) is 0 Å². The van der Waals surface area contributed by atoms with Crippen LogP contribution in [0.5, 0.6) is 0 Å². The van der Waals surface area contributed by atoms with Gasteiger partial charge < -0.3 is 5.32 Å². The molecule has 0 amide bonds. The first-order chi connectivity index (χ1) is 10.4. The van der Waals surface area contributed by atoms with Gasteiger partial charge in [0, 0.05) is 18.0 Å². The van der Waals surface area contributed by atoms with Gasteiger partial charge in [-0.15, -0.1) is 0 Å². The first kappa shape index (κ1) is 14.5. The van der Waals surface area contributed by atoms with E-state index in [1.807, 2.05) is 0 Å². The molecule has 1 saturated heterocycles. The van der Waals surface area contributed by atoms with E-state index in [0.29, 0.717) is 6.04 Å². The van der Waals surface area contributed by atoms with Crippen molar-refractivity contribution in [1.29, 1.82) is 0 Å². The lowest BCUT2D eigenvalue weighted by Gasteiger charge is -2.34. The van der Waals surface area contributed by atoms with Crippen molar-refractivity contribution in [2.45, 2.75) is 38.8 Å². The van der Waals surface area contributed by atoms with Crippen LogP contribution in [0.1, 0.15) is 31.9 Å². The Labute approximate surface area is 127 Å². The quantitative estimate of drug-likeness (QED) is 0.913. The van der Waals surface area contributed by atoms with Gasteiger partial charge in [0.2, 0.25) is 0 Å². The van der Waals surface area contributed by atoms with Crippen molar-refractivity contribution in [3.8, 4) is 0 Å². The first-order valence-corrected chi connectivity index (χ1v) is 8.16. The number of hydrogen-bond donors (Lipinski definition) is 1. The zero-order valence-corrected chi connectivity index (χ0v) is 12.9. The summed E-state index contributed by atoms with van der Waals surface area (Å²) in [5.74, 6) is 0. The molecule has 1 aliphatic rings. The average molecular weight is 283 g/mol. The summed E-state index contributed by atoms with van der Waals surface area (Å²) < 4.78 is 0. The Morgan fingerprint density at radius 3 is 2.76 bits per heavy atom. The minimum atomic E-state index is 0.708. The lowest BCUT2D eigenvalue weighted by molar-refractivity contribution is 0.152. The Balaban J connectivity index is 1.76. The molecule has 21 heavy (non-hydrogen) atoms. The maximum absolute atomic E-state index is 4.83. The van der Waals surface area contributed by atoms with Crippen LogP contribution in [0.25, 0.3) is 10.9 Å². The molecule has 2 aromatic rings. The second-order valence-electron chi connectivity index (χ2n) is 5.95. The van der Waals surface area contributed by atoms with Crippen LogP contribution in [0.15, 0.2) is 36.4 Å². The lowest BCUT2D eigenvalue weighted by atomic mass is 10.0. The molecule has 1 aliphatic heterocycles. The summed E-state index contributed by atoms with van der Waals surface area (Å²) in [6.07, 6.45) is 3.72. The number of nitrogens with zero attached hydrogens (tertiary/aromatic N) is 2. The number of para-hydroxylation sites is 1. The van der Waals surface area contributed by atoms with Gasteiger partial charge in [0.15, 0.2) is 0 Å². The third-order valence-electron chi connectivity index (χ3n) is 4.36. The van der Waals surface area contributed by atoms with E-state index in [-0.39, 0.29) is 0 Å². The lowest BCUT2D eigenvalue weighted by Crippen LogP contribution is -2.43. The van der Waals surface area contributed by atoms with Gasteiger partial charge in [-0.2, -0.15) is 0 Å². The SMILES string of the molecule is CCCN(Cc1ccc2ccccc2n1)C1CCNCC1. The smallest absolute Gasteiger partial charge is 0.0705 e. The van der Waals surface area contributed by atoms with E-state index in [9.17, 15) is 0 Å². The third kappa shape index (κ3) is 3.60. The predicted octanol–water partition coefficient (Wildman–Crippen LogP) is 3.20. The summed E-state index contributed by atoms with van der Waals surface area (Å²) >= 11 is 0. The van der Waals surface area contributed by atoms with Gasteiger partial charge in [-0.05, 0) is 51.0 Å². The largest absolute Gasteiger partial charge is 0.317 e. The summed E-state index contributed by atoms with van der Waals surface area (Å²) in [6, 6.07) is 13.5. The molecule has 3 heteroatoms. The maximum atomic E-state index is 4.83. The summed E-state index contributed by atoms with van der Waals surface area (Å²) in [5.41, 5.74) is 2.30. The fourth-order valence-corrected chi connectivity index (χ4v) is 3.25. The van der Waals surface area contributed by atoms with Crippen LogP contribution >= 0.6 is 0 Å². The molecule has 3 rings (SSSR count). The predicted molar refractivity (Wildman–Crippen MR) is 88.3 cm³/mol. The number of benzene rings is 1. The summed E-state index contributed by atoms with van der Waals surface area (Å²) in [6.45, 7) is 6.70. The molecule has 0 radical (unpaired) electrons. The number of fused-ring (bicyclic) bond motifs is 1. The molecule has 0 bridgehead atoms. The number of rotatable bonds is 5. The topological polar surface area (TPSA) is 28.2 Å². The molecule has 0 spiro atoms. The highest BCUT2D eigenvalue weighted by molar-refractivity contribution is 5.78. The van der Waals surface area contributed by atoms with E-state index >= 15 is 0 Å².